The van der Waals surface area contributed by atoms with Crippen LogP contribution >= 0.6 is 58.4 Å². The molecule has 1 saturated heterocycles. The van der Waals surface area contributed by atoms with Crippen LogP contribution in [0.1, 0.15) is 11.6 Å². The first kappa shape index (κ1) is 24.4. The molecule has 0 bridgehead atoms. The van der Waals surface area contributed by atoms with Crippen molar-refractivity contribution in [3.8, 4) is 0 Å². The number of nitrogens with zero attached hydrogens (tertiary/aromatic N) is 3. The lowest BCUT2D eigenvalue weighted by atomic mass is 10.0. The van der Waals surface area contributed by atoms with E-state index in [1.54, 1.807) is 13.1 Å². The molecule has 1 heterocycles. The van der Waals surface area contributed by atoms with E-state index >= 15 is 0 Å². The minimum Gasteiger partial charge on any atom is -0.360 e. The van der Waals surface area contributed by atoms with E-state index in [4.69, 9.17) is 46.4 Å². The Morgan fingerprint density at radius 2 is 1.52 bits per heavy atom. The summed E-state index contributed by atoms with van der Waals surface area (Å²) in [6.45, 7) is 2.27. The summed E-state index contributed by atoms with van der Waals surface area (Å²) < 4.78 is 3.40. The van der Waals surface area contributed by atoms with Crippen molar-refractivity contribution < 1.29 is 0 Å². The second kappa shape index (κ2) is 11.1. The molecule has 1 aliphatic heterocycles. The van der Waals surface area contributed by atoms with Crippen molar-refractivity contribution in [3.63, 3.8) is 0 Å². The summed E-state index contributed by atoms with van der Waals surface area (Å²) >= 11 is 26.4. The highest BCUT2D eigenvalue weighted by Crippen LogP contribution is 2.37. The van der Waals surface area contributed by atoms with Crippen LogP contribution in [-0.4, -0.2) is 37.5 Å². The van der Waals surface area contributed by atoms with Crippen LogP contribution < -0.4 is 9.62 Å². The van der Waals surface area contributed by atoms with Gasteiger partial charge < -0.3 is 9.80 Å². The van der Waals surface area contributed by atoms with Gasteiger partial charge in [0.1, 0.15) is 0 Å². The van der Waals surface area contributed by atoms with Gasteiger partial charge in [-0.15, -0.1) is 0 Å². The minimum atomic E-state index is 0.0498. The molecule has 3 aromatic rings. The monoisotopic (exact) mass is 538 g/mol. The van der Waals surface area contributed by atoms with Crippen LogP contribution in [0.4, 0.5) is 5.69 Å². The smallest absolute Gasteiger partial charge is 0.204 e. The molecule has 1 fully saturated rings. The number of anilines is 1. The van der Waals surface area contributed by atoms with E-state index in [0.29, 0.717) is 20.1 Å². The number of guanidine groups is 1. The summed E-state index contributed by atoms with van der Waals surface area (Å²) in [7, 11) is 1.80. The van der Waals surface area contributed by atoms with Gasteiger partial charge in [-0.2, -0.15) is 0 Å². The molecule has 4 nitrogen and oxygen atoms in total. The lowest BCUT2D eigenvalue weighted by Gasteiger charge is -2.44. The normalized spacial score (nSPS) is 16.8. The Bertz CT molecular complexity index is 1120. The van der Waals surface area contributed by atoms with Gasteiger partial charge in [-0.05, 0) is 72.1 Å². The first-order chi connectivity index (χ1) is 15.9. The van der Waals surface area contributed by atoms with Crippen LogP contribution in [0.2, 0.25) is 20.1 Å². The number of benzene rings is 3. The molecular weight excluding hydrogens is 518 g/mol. The van der Waals surface area contributed by atoms with Crippen molar-refractivity contribution in [2.45, 2.75) is 10.9 Å². The van der Waals surface area contributed by atoms with Gasteiger partial charge in [-0.3, -0.25) is 9.71 Å². The van der Waals surface area contributed by atoms with Gasteiger partial charge in [-0.1, -0.05) is 58.5 Å². The Hall–Kier alpha value is -1.76. The fourth-order valence-electron chi connectivity index (χ4n) is 3.81. The van der Waals surface area contributed by atoms with Crippen molar-refractivity contribution in [2.24, 2.45) is 4.99 Å². The average Bonchev–Trinajstić information content (AvgIpc) is 2.81. The topological polar surface area (TPSA) is 30.9 Å². The standard InChI is InChI=1S/C24H22Cl4N4S/c1-29-24(30-33-20-9-6-18(26)7-10-20)31-12-13-32(22-11-8-19(27)14-21(22)28)23(15-31)16-2-4-17(25)5-3-16/h2-11,14,23H,12-13,15H2,1H3,(H,29,30). The maximum absolute atomic E-state index is 6.59. The van der Waals surface area contributed by atoms with Crippen LogP contribution in [0.3, 0.4) is 0 Å². The maximum atomic E-state index is 6.59. The summed E-state index contributed by atoms with van der Waals surface area (Å²) in [6, 6.07) is 21.3. The lowest BCUT2D eigenvalue weighted by molar-refractivity contribution is 0.325. The summed E-state index contributed by atoms with van der Waals surface area (Å²) in [4.78, 5) is 10.1. The van der Waals surface area contributed by atoms with Crippen LogP contribution in [0.15, 0.2) is 76.6 Å². The molecule has 0 radical (unpaired) electrons. The Kier molecular flexibility index (Phi) is 8.20. The van der Waals surface area contributed by atoms with E-state index in [1.165, 1.54) is 11.9 Å². The van der Waals surface area contributed by atoms with Crippen molar-refractivity contribution in [1.29, 1.82) is 0 Å². The van der Waals surface area contributed by atoms with Gasteiger partial charge >= 0.3 is 0 Å². The number of aliphatic imine (C=N–C) groups is 1. The predicted octanol–water partition coefficient (Wildman–Crippen LogP) is 7.45. The average molecular weight is 540 g/mol. The van der Waals surface area contributed by atoms with Crippen molar-refractivity contribution >= 4 is 70.0 Å². The highest BCUT2D eigenvalue weighted by atomic mass is 35.5. The third kappa shape index (κ3) is 6.03. The fraction of sp³-hybridized carbons (Fsp3) is 0.208. The van der Waals surface area contributed by atoms with E-state index in [1.807, 2.05) is 48.5 Å². The summed E-state index contributed by atoms with van der Waals surface area (Å²) in [5.41, 5.74) is 2.11. The SMILES string of the molecule is CN=C(NSc1ccc(Cl)cc1)N1CCN(c2ccc(Cl)cc2Cl)C(c2ccc(Cl)cc2)C1. The van der Waals surface area contributed by atoms with E-state index < -0.39 is 0 Å². The number of halogens is 4. The first-order valence-electron chi connectivity index (χ1n) is 10.3. The molecule has 0 aromatic heterocycles. The molecule has 0 saturated carbocycles. The number of nitrogens with one attached hydrogen (secondary N) is 1. The van der Waals surface area contributed by atoms with Gasteiger partial charge in [0.05, 0.1) is 16.8 Å². The molecule has 33 heavy (non-hydrogen) atoms. The number of piperazine rings is 1. The van der Waals surface area contributed by atoms with Crippen LogP contribution in [0.25, 0.3) is 0 Å². The molecule has 9 heteroatoms. The lowest BCUT2D eigenvalue weighted by Crippen LogP contribution is -2.53. The molecule has 172 valence electrons. The van der Waals surface area contributed by atoms with Gasteiger partial charge in [0, 0.05) is 46.6 Å². The summed E-state index contributed by atoms with van der Waals surface area (Å²) in [5.74, 6) is 0.816. The number of rotatable bonds is 4. The summed E-state index contributed by atoms with van der Waals surface area (Å²) in [6.07, 6.45) is 0. The van der Waals surface area contributed by atoms with Gasteiger partial charge in [-0.25, -0.2) is 0 Å². The van der Waals surface area contributed by atoms with Crippen molar-refractivity contribution in [2.75, 3.05) is 31.6 Å². The van der Waals surface area contributed by atoms with Crippen LogP contribution in [0, 0.1) is 0 Å². The molecule has 3 aromatic carbocycles. The van der Waals surface area contributed by atoms with E-state index in [9.17, 15) is 0 Å². The molecule has 1 N–H and O–H groups in total. The molecule has 1 unspecified atom stereocenters. The van der Waals surface area contributed by atoms with Crippen LogP contribution in [0.5, 0.6) is 0 Å². The second-order valence-electron chi connectivity index (χ2n) is 7.51. The second-order valence-corrected chi connectivity index (χ2v) is 10.1. The third-order valence-electron chi connectivity index (χ3n) is 5.44. The maximum Gasteiger partial charge on any atom is 0.204 e. The van der Waals surface area contributed by atoms with E-state index in [0.717, 1.165) is 41.7 Å². The third-order valence-corrected chi connectivity index (χ3v) is 7.27. The van der Waals surface area contributed by atoms with E-state index in [-0.39, 0.29) is 6.04 Å². The Morgan fingerprint density at radius 1 is 0.879 bits per heavy atom. The minimum absolute atomic E-state index is 0.0498. The molecule has 0 spiro atoms. The van der Waals surface area contributed by atoms with Gasteiger partial charge in [0.25, 0.3) is 0 Å². The zero-order valence-electron chi connectivity index (χ0n) is 17.8. The first-order valence-corrected chi connectivity index (χ1v) is 12.6. The highest BCUT2D eigenvalue weighted by molar-refractivity contribution is 7.98. The van der Waals surface area contributed by atoms with Crippen LogP contribution in [-0.2, 0) is 0 Å². The fourth-order valence-corrected chi connectivity index (χ4v) is 5.28. The molecule has 0 amide bonds. The summed E-state index contributed by atoms with van der Waals surface area (Å²) in [5, 5.41) is 2.68. The zero-order valence-corrected chi connectivity index (χ0v) is 21.7. The van der Waals surface area contributed by atoms with E-state index in [2.05, 4.69) is 31.6 Å². The van der Waals surface area contributed by atoms with Gasteiger partial charge in [0.2, 0.25) is 5.96 Å². The Balaban J connectivity index is 1.57. The highest BCUT2D eigenvalue weighted by Gasteiger charge is 2.31. The molecule has 4 rings (SSSR count). The van der Waals surface area contributed by atoms with Crippen molar-refractivity contribution in [1.82, 2.24) is 9.62 Å². The van der Waals surface area contributed by atoms with Gasteiger partial charge in [0.15, 0.2) is 0 Å². The number of hydrogen-bond acceptors (Lipinski definition) is 3. The molecular formula is C24H22Cl4N4S. The molecule has 1 aliphatic rings. The molecule has 1 atom stereocenters. The Labute approximate surface area is 218 Å². The van der Waals surface area contributed by atoms with Crippen molar-refractivity contribution in [3.05, 3.63) is 92.4 Å². The zero-order chi connectivity index (χ0) is 23.4. The number of hydrogen-bond donors (Lipinski definition) is 1. The largest absolute Gasteiger partial charge is 0.360 e. The predicted molar refractivity (Wildman–Crippen MR) is 143 cm³/mol. The Morgan fingerprint density at radius 3 is 2.15 bits per heavy atom. The quantitative estimate of drug-likeness (QED) is 0.212. The molecule has 0 aliphatic carbocycles.